The van der Waals surface area contributed by atoms with Crippen molar-refractivity contribution >= 4 is 63.7 Å². The van der Waals surface area contributed by atoms with Gasteiger partial charge in [-0.05, 0) is 99.1 Å². The minimum atomic E-state index is -0.360. The van der Waals surface area contributed by atoms with Crippen molar-refractivity contribution in [2.75, 3.05) is 13.2 Å². The van der Waals surface area contributed by atoms with Crippen LogP contribution in [0.25, 0.3) is 0 Å². The summed E-state index contributed by atoms with van der Waals surface area (Å²) in [5.74, 6) is 1.41. The standard InChI is InChI=1S/C27H32Br4O4/c1-7-11-32-23(9-3)34-25-19(28)13-17(14-20(25)29)27(5,6)18-15-21(30)26(22(31)16-18)35-24(10-4)33-12-8-2/h7-8,13-16,23-24H,1-2,9-12H2,3-6H3. The molecule has 35 heavy (non-hydrogen) atoms. The van der Waals surface area contributed by atoms with Crippen LogP contribution >= 0.6 is 63.7 Å². The highest BCUT2D eigenvalue weighted by Gasteiger charge is 2.28. The van der Waals surface area contributed by atoms with Crippen LogP contribution < -0.4 is 9.47 Å². The van der Waals surface area contributed by atoms with Crippen molar-refractivity contribution in [3.05, 3.63) is 78.6 Å². The molecule has 0 aliphatic rings. The second-order valence-electron chi connectivity index (χ2n) is 8.32. The van der Waals surface area contributed by atoms with Crippen LogP contribution in [0.2, 0.25) is 0 Å². The van der Waals surface area contributed by atoms with Crippen LogP contribution in [0, 0.1) is 0 Å². The molecule has 8 heteroatoms. The normalized spacial score (nSPS) is 13.3. The van der Waals surface area contributed by atoms with Gasteiger partial charge in [0, 0.05) is 18.3 Å². The third kappa shape index (κ3) is 8.17. The largest absolute Gasteiger partial charge is 0.463 e. The highest BCUT2D eigenvalue weighted by Crippen LogP contribution is 2.44. The highest BCUT2D eigenvalue weighted by molar-refractivity contribution is 9.11. The molecule has 0 amide bonds. The molecule has 2 rings (SSSR count). The molecule has 0 aliphatic heterocycles. The Hall–Kier alpha value is -0.640. The van der Waals surface area contributed by atoms with Gasteiger partial charge in [0.1, 0.15) is 0 Å². The van der Waals surface area contributed by atoms with E-state index in [4.69, 9.17) is 18.9 Å². The fraction of sp³-hybridized carbons (Fsp3) is 0.407. The fourth-order valence-electron chi connectivity index (χ4n) is 3.32. The first-order chi connectivity index (χ1) is 16.6. The van der Waals surface area contributed by atoms with Gasteiger partial charge in [0.2, 0.25) is 0 Å². The van der Waals surface area contributed by atoms with E-state index in [1.54, 1.807) is 12.2 Å². The van der Waals surface area contributed by atoms with Crippen LogP contribution in [0.4, 0.5) is 0 Å². The summed E-state index contributed by atoms with van der Waals surface area (Å²) in [6.45, 7) is 16.7. The predicted molar refractivity (Wildman–Crippen MR) is 158 cm³/mol. The maximum absolute atomic E-state index is 6.12. The second-order valence-corrected chi connectivity index (χ2v) is 11.7. The fourth-order valence-corrected chi connectivity index (χ4v) is 6.06. The van der Waals surface area contributed by atoms with Crippen LogP contribution in [0.5, 0.6) is 11.5 Å². The first kappa shape index (κ1) is 30.6. The summed E-state index contributed by atoms with van der Waals surface area (Å²) in [5.41, 5.74) is 1.90. The van der Waals surface area contributed by atoms with Crippen molar-refractivity contribution in [3.63, 3.8) is 0 Å². The van der Waals surface area contributed by atoms with Crippen LogP contribution in [-0.2, 0) is 14.9 Å². The number of halogens is 4. The lowest BCUT2D eigenvalue weighted by Crippen LogP contribution is -2.22. The van der Waals surface area contributed by atoms with Crippen molar-refractivity contribution in [1.29, 1.82) is 0 Å². The van der Waals surface area contributed by atoms with Crippen molar-refractivity contribution in [2.24, 2.45) is 0 Å². The topological polar surface area (TPSA) is 36.9 Å². The molecule has 0 aliphatic carbocycles. The molecule has 0 aromatic heterocycles. The predicted octanol–water partition coefficient (Wildman–Crippen LogP) is 9.70. The summed E-state index contributed by atoms with van der Waals surface area (Å²) in [7, 11) is 0. The molecule has 192 valence electrons. The SMILES string of the molecule is C=CCOC(CC)Oc1c(Br)cc(C(C)(C)c2cc(Br)c(OC(CC)OCC=C)c(Br)c2)cc1Br. The Balaban J connectivity index is 2.36. The summed E-state index contributed by atoms with van der Waals surface area (Å²) in [6, 6.07) is 8.34. The van der Waals surface area contributed by atoms with E-state index in [9.17, 15) is 0 Å². The van der Waals surface area contributed by atoms with E-state index in [0.29, 0.717) is 37.6 Å². The van der Waals surface area contributed by atoms with Crippen molar-refractivity contribution in [2.45, 2.75) is 58.5 Å². The van der Waals surface area contributed by atoms with Gasteiger partial charge < -0.3 is 18.9 Å². The molecule has 0 fully saturated rings. The van der Waals surface area contributed by atoms with Crippen molar-refractivity contribution in [1.82, 2.24) is 0 Å². The Morgan fingerprint density at radius 3 is 1.29 bits per heavy atom. The molecule has 0 heterocycles. The molecule has 4 nitrogen and oxygen atoms in total. The second kappa shape index (κ2) is 14.3. The van der Waals surface area contributed by atoms with Crippen molar-refractivity contribution in [3.8, 4) is 11.5 Å². The zero-order chi connectivity index (χ0) is 26.2. The Labute approximate surface area is 243 Å². The Morgan fingerprint density at radius 1 is 0.714 bits per heavy atom. The maximum Gasteiger partial charge on any atom is 0.200 e. The smallest absolute Gasteiger partial charge is 0.200 e. The van der Waals surface area contributed by atoms with E-state index in [-0.39, 0.29) is 18.0 Å². The van der Waals surface area contributed by atoms with E-state index in [1.165, 1.54) is 0 Å². The number of rotatable bonds is 14. The lowest BCUT2D eigenvalue weighted by molar-refractivity contribution is -0.0715. The molecule has 0 radical (unpaired) electrons. The Bertz CT molecular complexity index is 897. The molecule has 0 N–H and O–H groups in total. The first-order valence-electron chi connectivity index (χ1n) is 11.4. The van der Waals surface area contributed by atoms with E-state index in [0.717, 1.165) is 29.0 Å². The molecule has 2 aromatic rings. The van der Waals surface area contributed by atoms with Crippen molar-refractivity contribution < 1.29 is 18.9 Å². The number of ether oxygens (including phenoxy) is 4. The maximum atomic E-state index is 6.12. The van der Waals surface area contributed by atoms with E-state index >= 15 is 0 Å². The molecule has 2 atom stereocenters. The van der Waals surface area contributed by atoms with E-state index in [1.807, 2.05) is 13.8 Å². The minimum absolute atomic E-state index is 0.319. The van der Waals surface area contributed by atoms with Gasteiger partial charge in [-0.2, -0.15) is 0 Å². The Kier molecular flexibility index (Phi) is 12.5. The number of hydrogen-bond donors (Lipinski definition) is 0. The zero-order valence-electron chi connectivity index (χ0n) is 20.5. The average Bonchev–Trinajstić information content (AvgIpc) is 2.82. The van der Waals surface area contributed by atoms with Gasteiger partial charge in [0.15, 0.2) is 24.1 Å². The van der Waals surface area contributed by atoms with Crippen LogP contribution in [0.3, 0.4) is 0 Å². The van der Waals surface area contributed by atoms with Crippen LogP contribution in [-0.4, -0.2) is 25.8 Å². The molecule has 0 spiro atoms. The summed E-state index contributed by atoms with van der Waals surface area (Å²) >= 11 is 14.8. The summed E-state index contributed by atoms with van der Waals surface area (Å²) < 4.78 is 27.0. The highest BCUT2D eigenvalue weighted by atomic mass is 79.9. The molecule has 0 saturated carbocycles. The van der Waals surface area contributed by atoms with Crippen LogP contribution in [0.1, 0.15) is 51.7 Å². The third-order valence-electron chi connectivity index (χ3n) is 5.41. The molecule has 2 unspecified atom stereocenters. The average molecular weight is 740 g/mol. The van der Waals surface area contributed by atoms with Gasteiger partial charge in [-0.15, -0.1) is 13.2 Å². The quantitative estimate of drug-likeness (QED) is 0.143. The molecule has 0 bridgehead atoms. The Morgan fingerprint density at radius 2 is 1.03 bits per heavy atom. The first-order valence-corrected chi connectivity index (χ1v) is 14.5. The van der Waals surface area contributed by atoms with Gasteiger partial charge in [-0.3, -0.25) is 0 Å². The lowest BCUT2D eigenvalue weighted by atomic mass is 9.78. The summed E-state index contributed by atoms with van der Waals surface area (Å²) in [6.07, 6.45) is 4.14. The van der Waals surface area contributed by atoms with Gasteiger partial charge in [-0.1, -0.05) is 39.8 Å². The van der Waals surface area contributed by atoms with Gasteiger partial charge in [-0.25, -0.2) is 0 Å². The number of hydrogen-bond acceptors (Lipinski definition) is 4. The summed E-state index contributed by atoms with van der Waals surface area (Å²) in [5, 5.41) is 0. The van der Waals surface area contributed by atoms with E-state index < -0.39 is 0 Å². The molecular weight excluding hydrogens is 708 g/mol. The third-order valence-corrected chi connectivity index (χ3v) is 7.76. The molecular formula is C27H32Br4O4. The zero-order valence-corrected chi connectivity index (χ0v) is 26.9. The lowest BCUT2D eigenvalue weighted by Gasteiger charge is -2.29. The minimum Gasteiger partial charge on any atom is -0.463 e. The van der Waals surface area contributed by atoms with Gasteiger partial charge >= 0.3 is 0 Å². The monoisotopic (exact) mass is 736 g/mol. The molecule has 2 aromatic carbocycles. The molecule has 0 saturated heterocycles. The van der Waals surface area contributed by atoms with Gasteiger partial charge in [0.05, 0.1) is 31.1 Å². The number of benzene rings is 2. The van der Waals surface area contributed by atoms with Crippen LogP contribution in [0.15, 0.2) is 67.5 Å². The van der Waals surface area contributed by atoms with E-state index in [2.05, 4.69) is 115 Å². The van der Waals surface area contributed by atoms with Gasteiger partial charge in [0.25, 0.3) is 0 Å². The summed E-state index contributed by atoms with van der Waals surface area (Å²) in [4.78, 5) is 0.